The summed E-state index contributed by atoms with van der Waals surface area (Å²) in [6, 6.07) is 15.0. The molecule has 0 saturated carbocycles. The molecule has 1 N–H and O–H groups in total. The van der Waals surface area contributed by atoms with Gasteiger partial charge in [-0.25, -0.2) is 8.42 Å². The van der Waals surface area contributed by atoms with Crippen LogP contribution in [0.1, 0.15) is 12.5 Å². The van der Waals surface area contributed by atoms with Crippen LogP contribution >= 0.6 is 11.8 Å². The van der Waals surface area contributed by atoms with E-state index in [0.29, 0.717) is 16.6 Å². The molecule has 2 aromatic rings. The summed E-state index contributed by atoms with van der Waals surface area (Å²) in [5.74, 6) is 0.677. The van der Waals surface area contributed by atoms with Crippen molar-refractivity contribution in [1.82, 2.24) is 0 Å². The van der Waals surface area contributed by atoms with Crippen molar-refractivity contribution in [1.29, 1.82) is 0 Å². The highest BCUT2D eigenvalue weighted by Gasteiger charge is 2.44. The van der Waals surface area contributed by atoms with Crippen LogP contribution < -0.4 is 15.0 Å². The zero-order valence-electron chi connectivity index (χ0n) is 17.4. The number of benzene rings is 2. The van der Waals surface area contributed by atoms with Gasteiger partial charge in [0.25, 0.3) is 0 Å². The van der Waals surface area contributed by atoms with E-state index in [2.05, 4.69) is 17.2 Å². The fourth-order valence-electron chi connectivity index (χ4n) is 3.70. The Morgan fingerprint density at radius 1 is 1.23 bits per heavy atom. The number of anilines is 2. The highest BCUT2D eigenvalue weighted by molar-refractivity contribution is 8.15. The van der Waals surface area contributed by atoms with Crippen molar-refractivity contribution in [2.24, 2.45) is 4.99 Å². The summed E-state index contributed by atoms with van der Waals surface area (Å²) in [5, 5.41) is 3.51. The lowest BCUT2D eigenvalue weighted by Gasteiger charge is -2.24. The zero-order chi connectivity index (χ0) is 22.0. The number of fused-ring (bicyclic) bond motifs is 1. The van der Waals surface area contributed by atoms with Gasteiger partial charge >= 0.3 is 0 Å². The van der Waals surface area contributed by atoms with Crippen LogP contribution in [-0.4, -0.2) is 55.9 Å². The molecule has 2 atom stereocenters. The topological polar surface area (TPSA) is 88.1 Å². The Hall–Kier alpha value is -2.52. The van der Waals surface area contributed by atoms with Crippen molar-refractivity contribution >= 4 is 44.0 Å². The fraction of sp³-hybridized carbons (Fsp3) is 0.364. The number of hydrogen-bond acceptors (Lipinski definition) is 7. The van der Waals surface area contributed by atoms with Gasteiger partial charge in [-0.05, 0) is 36.2 Å². The number of carbonyl (C=O) groups excluding carboxylic acids is 1. The third-order valence-electron chi connectivity index (χ3n) is 5.35. The van der Waals surface area contributed by atoms with Crippen molar-refractivity contribution < 1.29 is 17.9 Å². The Kier molecular flexibility index (Phi) is 6.24. The first-order valence-corrected chi connectivity index (χ1v) is 12.8. The number of methoxy groups -OCH3 is 1. The number of nitrogens with zero attached hydrogens (tertiary/aromatic N) is 2. The molecule has 9 heteroatoms. The van der Waals surface area contributed by atoms with Crippen molar-refractivity contribution in [2.45, 2.75) is 24.6 Å². The van der Waals surface area contributed by atoms with Crippen LogP contribution in [0.4, 0.5) is 11.4 Å². The molecule has 2 heterocycles. The van der Waals surface area contributed by atoms with Crippen LogP contribution in [0.25, 0.3) is 0 Å². The Labute approximate surface area is 186 Å². The summed E-state index contributed by atoms with van der Waals surface area (Å²) in [4.78, 5) is 19.4. The smallest absolute Gasteiger partial charge is 0.244 e. The molecule has 1 saturated heterocycles. The Morgan fingerprint density at radius 3 is 2.68 bits per heavy atom. The van der Waals surface area contributed by atoms with Gasteiger partial charge < -0.3 is 15.0 Å². The van der Waals surface area contributed by atoms with E-state index in [9.17, 15) is 13.2 Å². The summed E-state index contributed by atoms with van der Waals surface area (Å²) in [5.41, 5.74) is 2.70. The van der Waals surface area contributed by atoms with E-state index < -0.39 is 9.84 Å². The average Bonchev–Trinajstić information content (AvgIpc) is 3.25. The van der Waals surface area contributed by atoms with Gasteiger partial charge in [-0.15, -0.1) is 0 Å². The first-order valence-electron chi connectivity index (χ1n) is 10.1. The minimum absolute atomic E-state index is 0.0701. The number of thioether (sulfide) groups is 1. The molecule has 0 unspecified atom stereocenters. The third-order valence-corrected chi connectivity index (χ3v) is 8.60. The van der Waals surface area contributed by atoms with Crippen LogP contribution in [0, 0.1) is 0 Å². The molecule has 0 aliphatic carbocycles. The van der Waals surface area contributed by atoms with Crippen LogP contribution in [0.3, 0.4) is 0 Å². The number of rotatable bonds is 6. The molecule has 1 amide bonds. The largest absolute Gasteiger partial charge is 0.497 e. The Morgan fingerprint density at radius 2 is 2.00 bits per heavy atom. The van der Waals surface area contributed by atoms with Crippen molar-refractivity contribution in [3.8, 4) is 5.75 Å². The molecule has 31 heavy (non-hydrogen) atoms. The minimum Gasteiger partial charge on any atom is -0.497 e. The number of carbonyl (C=O) groups is 1. The van der Waals surface area contributed by atoms with Gasteiger partial charge in [-0.2, -0.15) is 0 Å². The van der Waals surface area contributed by atoms with E-state index in [0.717, 1.165) is 12.1 Å². The minimum atomic E-state index is -3.04. The van der Waals surface area contributed by atoms with Crippen molar-refractivity contribution in [2.75, 3.05) is 35.4 Å². The van der Waals surface area contributed by atoms with Gasteiger partial charge in [0.2, 0.25) is 5.91 Å². The van der Waals surface area contributed by atoms with Crippen molar-refractivity contribution in [3.05, 3.63) is 54.1 Å². The van der Waals surface area contributed by atoms with Crippen LogP contribution in [0.2, 0.25) is 0 Å². The fourth-order valence-corrected chi connectivity index (χ4v) is 7.48. The van der Waals surface area contributed by atoms with Gasteiger partial charge in [0.1, 0.15) is 12.3 Å². The molecular weight excluding hydrogens is 434 g/mol. The lowest BCUT2D eigenvalue weighted by molar-refractivity contribution is -0.114. The van der Waals surface area contributed by atoms with Gasteiger partial charge in [0.15, 0.2) is 15.0 Å². The number of sulfone groups is 1. The van der Waals surface area contributed by atoms with E-state index in [-0.39, 0.29) is 35.2 Å². The van der Waals surface area contributed by atoms with Crippen LogP contribution in [0.15, 0.2) is 53.5 Å². The van der Waals surface area contributed by atoms with Crippen molar-refractivity contribution in [3.63, 3.8) is 0 Å². The Bertz CT molecular complexity index is 1100. The molecule has 2 aromatic carbocycles. The maximum absolute atomic E-state index is 12.9. The maximum atomic E-state index is 12.9. The van der Waals surface area contributed by atoms with E-state index in [1.807, 2.05) is 41.3 Å². The summed E-state index contributed by atoms with van der Waals surface area (Å²) in [6.07, 6.45) is 0.925. The summed E-state index contributed by atoms with van der Waals surface area (Å²) in [6.45, 7) is 2.16. The van der Waals surface area contributed by atoms with Gasteiger partial charge in [-0.1, -0.05) is 36.9 Å². The molecule has 4 rings (SSSR count). The van der Waals surface area contributed by atoms with Crippen LogP contribution in [-0.2, 0) is 21.1 Å². The molecule has 164 valence electrons. The zero-order valence-corrected chi connectivity index (χ0v) is 19.1. The molecule has 0 aromatic heterocycles. The predicted octanol–water partition coefficient (Wildman–Crippen LogP) is 2.97. The monoisotopic (exact) mass is 459 g/mol. The highest BCUT2D eigenvalue weighted by Crippen LogP contribution is 2.36. The van der Waals surface area contributed by atoms with Crippen LogP contribution in [0.5, 0.6) is 5.75 Å². The van der Waals surface area contributed by atoms with E-state index in [4.69, 9.17) is 4.74 Å². The standard InChI is InChI=1S/C22H25N3O4S2/c1-3-15-7-9-17(10-8-15)25(22-24-19-13-31(27,28)14-20(19)30-22)12-21(26)23-16-5-4-6-18(11-16)29-2/h4-11,19-20H,3,12-14H2,1-2H3,(H,23,26)/t19-,20+/m1/s1. The summed E-state index contributed by atoms with van der Waals surface area (Å²) < 4.78 is 29.1. The number of aliphatic imine (C=N–C) groups is 1. The molecular formula is C22H25N3O4S2. The number of nitrogens with one attached hydrogen (secondary N) is 1. The molecule has 2 aliphatic heterocycles. The lowest BCUT2D eigenvalue weighted by Crippen LogP contribution is -2.36. The first kappa shape index (κ1) is 21.7. The second-order valence-electron chi connectivity index (χ2n) is 7.60. The number of amides is 1. The van der Waals surface area contributed by atoms with E-state index in [1.54, 1.807) is 19.2 Å². The second kappa shape index (κ2) is 8.92. The normalized spacial score (nSPS) is 21.3. The Balaban J connectivity index is 1.56. The predicted molar refractivity (Wildman–Crippen MR) is 126 cm³/mol. The van der Waals surface area contributed by atoms with Gasteiger partial charge in [0, 0.05) is 22.7 Å². The molecule has 7 nitrogen and oxygen atoms in total. The molecule has 0 spiro atoms. The molecule has 1 fully saturated rings. The quantitative estimate of drug-likeness (QED) is 0.715. The first-order chi connectivity index (χ1) is 14.9. The van der Waals surface area contributed by atoms with E-state index in [1.165, 1.54) is 17.3 Å². The molecule has 2 aliphatic rings. The molecule has 0 radical (unpaired) electrons. The average molecular weight is 460 g/mol. The number of ether oxygens (including phenoxy) is 1. The second-order valence-corrected chi connectivity index (χ2v) is 11.0. The summed E-state index contributed by atoms with van der Waals surface area (Å²) >= 11 is 1.45. The highest BCUT2D eigenvalue weighted by atomic mass is 32.2. The SMILES string of the molecule is CCc1ccc(N(CC(=O)Nc2cccc(OC)c2)C2=N[C@@H]3CS(=O)(=O)C[C@@H]3S2)cc1. The lowest BCUT2D eigenvalue weighted by atomic mass is 10.1. The summed E-state index contributed by atoms with van der Waals surface area (Å²) in [7, 11) is -1.46. The van der Waals surface area contributed by atoms with Gasteiger partial charge in [0.05, 0.1) is 24.7 Å². The maximum Gasteiger partial charge on any atom is 0.244 e. The number of amidine groups is 1. The number of aryl methyl sites for hydroxylation is 1. The van der Waals surface area contributed by atoms with E-state index >= 15 is 0 Å². The molecule has 0 bridgehead atoms. The van der Waals surface area contributed by atoms with Gasteiger partial charge in [-0.3, -0.25) is 9.79 Å². The third kappa shape index (κ3) is 5.04. The number of hydrogen-bond donors (Lipinski definition) is 1.